The standard InChI is InChI=1S/C49H78O5/c1-4-7-10-13-16-18-20-22-23-24-25-26-27-29-30-32-34-36-39-42-48(50)53-46-47(45-52-44-41-38-15-12-9-6-3)54-49(51)43-40-37-35-33-31-28-21-19-17-14-11-8-5-2/h7-8,10-11,16-19,22-23,25-26,28-31,35,37,47H,4-6,9,12-15,20-21,24,27,32-34,36,38-46H2,1-3H3/b10-7-,11-8-,18-16-,19-17-,23-22-,26-25-,30-29-,31-28-,37-35-. The molecule has 5 nitrogen and oxygen atoms in total. The summed E-state index contributed by atoms with van der Waals surface area (Å²) in [7, 11) is 0. The largest absolute Gasteiger partial charge is 0.462 e. The van der Waals surface area contributed by atoms with Crippen molar-refractivity contribution >= 4 is 11.9 Å². The lowest BCUT2D eigenvalue weighted by Gasteiger charge is -2.18. The molecule has 0 rings (SSSR count). The molecule has 0 radical (unpaired) electrons. The molecular weight excluding hydrogens is 669 g/mol. The molecule has 0 aromatic heterocycles. The Kier molecular flexibility index (Phi) is 41.2. The third-order valence-corrected chi connectivity index (χ3v) is 8.32. The van der Waals surface area contributed by atoms with Gasteiger partial charge in [-0.15, -0.1) is 0 Å². The third kappa shape index (κ3) is 41.3. The van der Waals surface area contributed by atoms with Gasteiger partial charge in [-0.25, -0.2) is 0 Å². The molecule has 1 unspecified atom stereocenters. The maximum atomic E-state index is 12.6. The summed E-state index contributed by atoms with van der Waals surface area (Å²) in [5, 5.41) is 0. The second-order valence-electron chi connectivity index (χ2n) is 13.5. The molecule has 1 atom stereocenters. The smallest absolute Gasteiger partial charge is 0.306 e. The molecule has 0 saturated carbocycles. The molecule has 0 heterocycles. The van der Waals surface area contributed by atoms with E-state index < -0.39 is 6.10 Å². The number of rotatable bonds is 37. The number of ether oxygens (including phenoxy) is 3. The highest BCUT2D eigenvalue weighted by molar-refractivity contribution is 5.70. The Morgan fingerprint density at radius 2 is 0.870 bits per heavy atom. The summed E-state index contributed by atoms with van der Waals surface area (Å²) in [5.74, 6) is -0.543. The van der Waals surface area contributed by atoms with E-state index in [1.165, 1.54) is 25.7 Å². The van der Waals surface area contributed by atoms with Crippen molar-refractivity contribution in [1.82, 2.24) is 0 Å². The van der Waals surface area contributed by atoms with Crippen molar-refractivity contribution in [2.45, 2.75) is 168 Å². The van der Waals surface area contributed by atoms with Crippen LogP contribution in [0.15, 0.2) is 109 Å². The van der Waals surface area contributed by atoms with E-state index in [1.807, 2.05) is 6.08 Å². The van der Waals surface area contributed by atoms with Crippen molar-refractivity contribution in [1.29, 1.82) is 0 Å². The highest BCUT2D eigenvalue weighted by atomic mass is 16.6. The minimum atomic E-state index is -0.589. The molecule has 0 aliphatic rings. The fourth-order valence-corrected chi connectivity index (χ4v) is 5.19. The van der Waals surface area contributed by atoms with Gasteiger partial charge in [0.1, 0.15) is 6.61 Å². The first-order valence-electron chi connectivity index (χ1n) is 21.4. The van der Waals surface area contributed by atoms with E-state index >= 15 is 0 Å². The minimum absolute atomic E-state index is 0.0328. The van der Waals surface area contributed by atoms with Crippen LogP contribution in [-0.4, -0.2) is 37.9 Å². The van der Waals surface area contributed by atoms with Crippen LogP contribution in [0, 0.1) is 0 Å². The van der Waals surface area contributed by atoms with Gasteiger partial charge < -0.3 is 14.2 Å². The van der Waals surface area contributed by atoms with E-state index in [-0.39, 0.29) is 31.6 Å². The van der Waals surface area contributed by atoms with Crippen molar-refractivity contribution < 1.29 is 23.8 Å². The van der Waals surface area contributed by atoms with Crippen molar-refractivity contribution in [2.75, 3.05) is 19.8 Å². The zero-order valence-corrected chi connectivity index (χ0v) is 34.7. The Balaban J connectivity index is 4.31. The number of esters is 2. The lowest BCUT2D eigenvalue weighted by Crippen LogP contribution is -2.30. The van der Waals surface area contributed by atoms with Crippen LogP contribution in [0.25, 0.3) is 0 Å². The molecule has 54 heavy (non-hydrogen) atoms. The van der Waals surface area contributed by atoms with Gasteiger partial charge in [0.05, 0.1) is 6.61 Å². The first kappa shape index (κ1) is 50.6. The quantitative estimate of drug-likeness (QED) is 0.0360. The van der Waals surface area contributed by atoms with Crippen LogP contribution in [0.1, 0.15) is 162 Å². The maximum absolute atomic E-state index is 12.6. The average molecular weight is 747 g/mol. The molecule has 5 heteroatoms. The molecule has 0 spiro atoms. The number of hydrogen-bond donors (Lipinski definition) is 0. The lowest BCUT2D eigenvalue weighted by molar-refractivity contribution is -0.162. The number of allylic oxidation sites excluding steroid dienone is 18. The fraction of sp³-hybridized carbons (Fsp3) is 0.592. The van der Waals surface area contributed by atoms with Gasteiger partial charge in [0.25, 0.3) is 0 Å². The molecule has 0 bridgehead atoms. The Morgan fingerprint density at radius 3 is 1.39 bits per heavy atom. The van der Waals surface area contributed by atoms with Gasteiger partial charge in [-0.1, -0.05) is 169 Å². The summed E-state index contributed by atoms with van der Waals surface area (Å²) in [5.41, 5.74) is 0. The SMILES string of the molecule is CC/C=C\C/C=C\C/C=C\C/C=C\C/C=C\CCCCCC(=O)OCC(COCCCCCCCC)OC(=O)CC/C=C\C/C=C\C/C=C\C/C=C\CC. The van der Waals surface area contributed by atoms with Crippen LogP contribution in [0.2, 0.25) is 0 Å². The normalized spacial score (nSPS) is 13.3. The van der Waals surface area contributed by atoms with Crippen LogP contribution in [0.5, 0.6) is 0 Å². The summed E-state index contributed by atoms with van der Waals surface area (Å²) in [6.07, 6.45) is 59.7. The topological polar surface area (TPSA) is 61.8 Å². The molecule has 0 aromatic carbocycles. The highest BCUT2D eigenvalue weighted by Crippen LogP contribution is 2.09. The van der Waals surface area contributed by atoms with E-state index in [0.29, 0.717) is 19.4 Å². The molecule has 0 aliphatic heterocycles. The molecular formula is C49H78O5. The maximum Gasteiger partial charge on any atom is 0.306 e. The molecule has 0 fully saturated rings. The van der Waals surface area contributed by atoms with Crippen molar-refractivity contribution in [3.05, 3.63) is 109 Å². The fourth-order valence-electron chi connectivity index (χ4n) is 5.19. The molecule has 0 saturated heterocycles. The van der Waals surface area contributed by atoms with Gasteiger partial charge in [0.15, 0.2) is 6.10 Å². The van der Waals surface area contributed by atoms with Crippen molar-refractivity contribution in [3.8, 4) is 0 Å². The van der Waals surface area contributed by atoms with Crippen LogP contribution < -0.4 is 0 Å². The number of carbonyl (C=O) groups excluding carboxylic acids is 2. The molecule has 304 valence electrons. The van der Waals surface area contributed by atoms with E-state index in [1.54, 1.807) is 0 Å². The van der Waals surface area contributed by atoms with Crippen molar-refractivity contribution in [3.63, 3.8) is 0 Å². The predicted molar refractivity (Wildman–Crippen MR) is 233 cm³/mol. The Bertz CT molecular complexity index is 1120. The zero-order valence-electron chi connectivity index (χ0n) is 34.7. The highest BCUT2D eigenvalue weighted by Gasteiger charge is 2.17. The van der Waals surface area contributed by atoms with Crippen LogP contribution >= 0.6 is 0 Å². The van der Waals surface area contributed by atoms with Crippen LogP contribution in [0.4, 0.5) is 0 Å². The van der Waals surface area contributed by atoms with Crippen LogP contribution in [0.3, 0.4) is 0 Å². The van der Waals surface area contributed by atoms with Gasteiger partial charge in [-0.3, -0.25) is 9.59 Å². The second kappa shape index (κ2) is 44.0. The van der Waals surface area contributed by atoms with Gasteiger partial charge in [0, 0.05) is 19.4 Å². The average Bonchev–Trinajstić information content (AvgIpc) is 3.17. The van der Waals surface area contributed by atoms with Crippen LogP contribution in [-0.2, 0) is 23.8 Å². The Morgan fingerprint density at radius 1 is 0.426 bits per heavy atom. The third-order valence-electron chi connectivity index (χ3n) is 8.32. The second-order valence-corrected chi connectivity index (χ2v) is 13.5. The molecule has 0 amide bonds. The van der Waals surface area contributed by atoms with Gasteiger partial charge in [-0.2, -0.15) is 0 Å². The monoisotopic (exact) mass is 747 g/mol. The van der Waals surface area contributed by atoms with E-state index in [4.69, 9.17) is 14.2 Å². The first-order valence-corrected chi connectivity index (χ1v) is 21.4. The summed E-state index contributed by atoms with van der Waals surface area (Å²) >= 11 is 0. The van der Waals surface area contributed by atoms with Crippen molar-refractivity contribution in [2.24, 2.45) is 0 Å². The number of hydrogen-bond acceptors (Lipinski definition) is 5. The van der Waals surface area contributed by atoms with E-state index in [9.17, 15) is 9.59 Å². The number of unbranched alkanes of at least 4 members (excludes halogenated alkanes) is 8. The lowest BCUT2D eigenvalue weighted by atomic mass is 10.1. The molecule has 0 aliphatic carbocycles. The predicted octanol–water partition coefficient (Wildman–Crippen LogP) is 14.1. The first-order chi connectivity index (χ1) is 26.6. The van der Waals surface area contributed by atoms with Gasteiger partial charge >= 0.3 is 11.9 Å². The summed E-state index contributed by atoms with van der Waals surface area (Å²) < 4.78 is 17.1. The molecule has 0 aromatic rings. The summed E-state index contributed by atoms with van der Waals surface area (Å²) in [6, 6.07) is 0. The molecule has 0 N–H and O–H groups in total. The Hall–Kier alpha value is -3.44. The summed E-state index contributed by atoms with van der Waals surface area (Å²) in [4.78, 5) is 25.1. The van der Waals surface area contributed by atoms with Gasteiger partial charge in [0.2, 0.25) is 0 Å². The van der Waals surface area contributed by atoms with E-state index in [2.05, 4.69) is 124 Å². The Labute approximate surface area is 332 Å². The number of carbonyl (C=O) groups is 2. The van der Waals surface area contributed by atoms with Gasteiger partial charge in [-0.05, 0) is 89.9 Å². The van der Waals surface area contributed by atoms with E-state index in [0.717, 1.165) is 96.3 Å². The zero-order chi connectivity index (χ0) is 39.3. The summed E-state index contributed by atoms with van der Waals surface area (Å²) in [6.45, 7) is 7.41. The minimum Gasteiger partial charge on any atom is -0.462 e.